The first-order valence-electron chi connectivity index (χ1n) is 36.8. The van der Waals surface area contributed by atoms with Gasteiger partial charge >= 0.3 is 0 Å². The Labute approximate surface area is 616 Å². The quantitative estimate of drug-likeness (QED) is 0.127. The van der Waals surface area contributed by atoms with Gasteiger partial charge in [0.1, 0.15) is 11.2 Å². The third-order valence-electron chi connectivity index (χ3n) is 22.3. The van der Waals surface area contributed by atoms with Gasteiger partial charge in [-0.15, -0.1) is 0 Å². The van der Waals surface area contributed by atoms with Crippen LogP contribution in [0.5, 0.6) is 0 Å². The molecule has 5 heteroatoms. The molecule has 0 unspecified atom stereocenters. The molecule has 22 aromatic rings. The van der Waals surface area contributed by atoms with E-state index in [1.165, 1.54) is 121 Å². The second-order valence-electron chi connectivity index (χ2n) is 28.4. The molecule has 0 atom stereocenters. The van der Waals surface area contributed by atoms with Gasteiger partial charge in [0.15, 0.2) is 0 Å². The number of aromatic nitrogens is 4. The zero-order chi connectivity index (χ0) is 70.2. The molecule has 0 saturated heterocycles. The molecule has 17 aromatic carbocycles. The van der Waals surface area contributed by atoms with E-state index in [1.54, 1.807) is 0 Å². The highest BCUT2D eigenvalue weighted by Crippen LogP contribution is 2.45. The van der Waals surface area contributed by atoms with Gasteiger partial charge in [0, 0.05) is 76.6 Å². The fraction of sp³-hybridized carbons (Fsp3) is 0. The summed E-state index contributed by atoms with van der Waals surface area (Å²) in [6.07, 6.45) is 0. The van der Waals surface area contributed by atoms with Crippen LogP contribution in [0.1, 0.15) is 0 Å². The zero-order valence-corrected chi connectivity index (χ0v) is 58.1. The predicted molar refractivity (Wildman–Crippen MR) is 449 cm³/mol. The molecule has 22 rings (SSSR count). The molecule has 5 aromatic heterocycles. The van der Waals surface area contributed by atoms with Crippen molar-refractivity contribution in [2.75, 3.05) is 0 Å². The minimum atomic E-state index is 0.901. The van der Waals surface area contributed by atoms with Crippen LogP contribution in [0.25, 0.3) is 210 Å². The molecule has 5 nitrogen and oxygen atoms in total. The van der Waals surface area contributed by atoms with Crippen LogP contribution in [0.4, 0.5) is 0 Å². The van der Waals surface area contributed by atoms with Crippen molar-refractivity contribution in [1.82, 2.24) is 18.3 Å². The van der Waals surface area contributed by atoms with E-state index in [9.17, 15) is 0 Å². The van der Waals surface area contributed by atoms with Crippen LogP contribution >= 0.6 is 0 Å². The summed E-state index contributed by atoms with van der Waals surface area (Å²) in [6.45, 7) is 0. The lowest BCUT2D eigenvalue weighted by atomic mass is 9.98. The largest absolute Gasteiger partial charge is 0.456 e. The van der Waals surface area contributed by atoms with Crippen molar-refractivity contribution in [3.63, 3.8) is 0 Å². The highest BCUT2D eigenvalue weighted by molar-refractivity contribution is 6.16. The smallest absolute Gasteiger partial charge is 0.136 e. The van der Waals surface area contributed by atoms with Gasteiger partial charge in [-0.1, -0.05) is 237 Å². The van der Waals surface area contributed by atoms with Gasteiger partial charge in [0.25, 0.3) is 0 Å². The van der Waals surface area contributed by atoms with Crippen LogP contribution in [-0.2, 0) is 0 Å². The van der Waals surface area contributed by atoms with Crippen LogP contribution in [0.2, 0.25) is 0 Å². The number of hydrogen-bond acceptors (Lipinski definition) is 1. The van der Waals surface area contributed by atoms with E-state index in [-0.39, 0.29) is 0 Å². The van der Waals surface area contributed by atoms with Crippen molar-refractivity contribution in [2.24, 2.45) is 0 Å². The summed E-state index contributed by atoms with van der Waals surface area (Å²) >= 11 is 0. The van der Waals surface area contributed by atoms with Crippen molar-refractivity contribution in [3.8, 4) is 101 Å². The van der Waals surface area contributed by atoms with Crippen LogP contribution in [-0.4, -0.2) is 18.3 Å². The highest BCUT2D eigenvalue weighted by Gasteiger charge is 2.22. The summed E-state index contributed by atoms with van der Waals surface area (Å²) in [4.78, 5) is 0. The maximum atomic E-state index is 6.29. The average Bonchev–Trinajstić information content (AvgIpc) is 1.65. The Bertz CT molecular complexity index is 7270. The van der Waals surface area contributed by atoms with Gasteiger partial charge in [0.05, 0.1) is 44.1 Å². The third kappa shape index (κ3) is 9.86. The lowest BCUT2D eigenvalue weighted by Crippen LogP contribution is -1.96. The van der Waals surface area contributed by atoms with E-state index >= 15 is 0 Å². The normalized spacial score (nSPS) is 11.9. The molecule has 107 heavy (non-hydrogen) atoms. The van der Waals surface area contributed by atoms with E-state index in [0.717, 1.165) is 89.1 Å². The average molecular weight is 1360 g/mol. The van der Waals surface area contributed by atoms with Crippen LogP contribution in [0.3, 0.4) is 0 Å². The summed E-state index contributed by atoms with van der Waals surface area (Å²) in [5, 5.41) is 12.0. The molecule has 498 valence electrons. The van der Waals surface area contributed by atoms with Gasteiger partial charge < -0.3 is 22.7 Å². The number of rotatable bonds is 11. The monoisotopic (exact) mass is 1360 g/mol. The van der Waals surface area contributed by atoms with Crippen molar-refractivity contribution < 1.29 is 4.42 Å². The van der Waals surface area contributed by atoms with Crippen molar-refractivity contribution >= 4 is 109 Å². The lowest BCUT2D eigenvalue weighted by Gasteiger charge is -2.14. The first kappa shape index (κ1) is 60.3. The van der Waals surface area contributed by atoms with E-state index < -0.39 is 0 Å². The minimum Gasteiger partial charge on any atom is -0.456 e. The van der Waals surface area contributed by atoms with E-state index in [0.29, 0.717) is 0 Å². The first-order chi connectivity index (χ1) is 53.0. The summed E-state index contributed by atoms with van der Waals surface area (Å²) in [7, 11) is 0. The molecule has 0 amide bonds. The highest BCUT2D eigenvalue weighted by atomic mass is 16.3. The predicted octanol–water partition coefficient (Wildman–Crippen LogP) is 27.6. The Morgan fingerprint density at radius 2 is 0.411 bits per heavy atom. The molecule has 0 aliphatic rings. The second-order valence-corrected chi connectivity index (χ2v) is 28.4. The molecule has 5 heterocycles. The molecule has 0 aliphatic heterocycles. The number of furan rings is 1. The zero-order valence-electron chi connectivity index (χ0n) is 58.1. The summed E-state index contributed by atoms with van der Waals surface area (Å²) in [5.74, 6) is 0. The van der Waals surface area contributed by atoms with Gasteiger partial charge in [-0.25, -0.2) is 0 Å². The van der Waals surface area contributed by atoms with Crippen LogP contribution in [0.15, 0.2) is 393 Å². The van der Waals surface area contributed by atoms with Crippen LogP contribution in [0, 0.1) is 0 Å². The minimum absolute atomic E-state index is 0.901. The second kappa shape index (κ2) is 24.2. The van der Waals surface area contributed by atoms with E-state index in [1.807, 2.05) is 12.1 Å². The van der Waals surface area contributed by atoms with Crippen molar-refractivity contribution in [1.29, 1.82) is 0 Å². The lowest BCUT2D eigenvalue weighted by molar-refractivity contribution is 0.669. The van der Waals surface area contributed by atoms with Gasteiger partial charge in [0.2, 0.25) is 0 Å². The Morgan fingerprint density at radius 1 is 0.131 bits per heavy atom. The molecule has 0 bridgehead atoms. The molecule has 0 spiro atoms. The van der Waals surface area contributed by atoms with E-state index in [4.69, 9.17) is 4.42 Å². The molecular formula is C102H64N4O. The number of hydrogen-bond donors (Lipinski definition) is 0. The molecule has 0 aliphatic carbocycles. The Morgan fingerprint density at radius 3 is 0.860 bits per heavy atom. The fourth-order valence-electron chi connectivity index (χ4n) is 17.3. The first-order valence-corrected chi connectivity index (χ1v) is 36.8. The summed E-state index contributed by atoms with van der Waals surface area (Å²) in [6, 6.07) is 143. The Hall–Kier alpha value is -14.3. The number of nitrogens with zero attached hydrogens (tertiary/aromatic N) is 4. The standard InChI is InChI=1S/C102H64N4O/c1-4-19-65(20-5-1)70-25-18-26-81(56-70)105-95-33-16-12-29-85(95)90-62-74(43-53-98(90)105)75-44-54-100-92(63-75)91-59-71(40-50-99(91)106(100)82-57-77(66-21-6-2-7-22-66)55-78(58-82)67-23-8-3-9-24-67)68-35-45-79(46-36-68)103-93-31-14-10-27-83(93)88-60-72(41-51-96(88)103)73-42-52-97-89(61-73)84-28-11-15-32-94(84)104(97)80-47-37-69(38-48-80)76-39-49-87-86-30-13-17-34-101(86)107-102(87)64-76/h1-64H. The van der Waals surface area contributed by atoms with Crippen molar-refractivity contribution in [3.05, 3.63) is 388 Å². The molecular weight excluding hydrogens is 1300 g/mol. The van der Waals surface area contributed by atoms with E-state index in [2.05, 4.69) is 394 Å². The Kier molecular flexibility index (Phi) is 13.6. The summed E-state index contributed by atoms with van der Waals surface area (Å²) < 4.78 is 16.0. The molecule has 0 fully saturated rings. The molecule has 0 N–H and O–H groups in total. The number of para-hydroxylation sites is 4. The SMILES string of the molecule is c1ccc(-c2cccc(-n3c4ccccc4c4cc(-c5ccc6c(c5)c5cc(-c7ccc(-n8c9ccccc9c9cc(-c%10ccc%11c(c%10)c%10ccccc%10n%11-c%10ccc(-c%11ccc%12c(c%11)oc%11ccccc%11%12)cc%10)ccc98)cc7)ccc5n6-c5cc(-c6ccccc6)cc(-c6ccccc6)c5)ccc43)c2)cc1. The fourth-order valence-corrected chi connectivity index (χ4v) is 17.3. The molecule has 0 radical (unpaired) electrons. The molecule has 0 saturated carbocycles. The van der Waals surface area contributed by atoms with Gasteiger partial charge in [-0.3, -0.25) is 0 Å². The maximum Gasteiger partial charge on any atom is 0.136 e. The number of benzene rings is 17. The topological polar surface area (TPSA) is 32.9 Å². The third-order valence-corrected chi connectivity index (χ3v) is 22.3. The summed E-state index contributed by atoms with van der Waals surface area (Å²) in [5.41, 5.74) is 31.9. The van der Waals surface area contributed by atoms with Crippen LogP contribution < -0.4 is 0 Å². The van der Waals surface area contributed by atoms with Gasteiger partial charge in [-0.2, -0.15) is 0 Å². The Balaban J connectivity index is 0.631. The van der Waals surface area contributed by atoms with Crippen molar-refractivity contribution in [2.45, 2.75) is 0 Å². The maximum absolute atomic E-state index is 6.29. The number of fused-ring (bicyclic) bond motifs is 15. The van der Waals surface area contributed by atoms with Gasteiger partial charge in [-0.05, 0) is 230 Å².